The van der Waals surface area contributed by atoms with Crippen molar-refractivity contribution >= 4 is 17.3 Å². The Labute approximate surface area is 249 Å². The van der Waals surface area contributed by atoms with Crippen molar-refractivity contribution in [2.24, 2.45) is 0 Å². The van der Waals surface area contributed by atoms with Gasteiger partial charge >= 0.3 is 0 Å². The molecule has 6 atom stereocenters. The number of aliphatic hydroxyl groups is 2. The van der Waals surface area contributed by atoms with Gasteiger partial charge < -0.3 is 34.6 Å². The van der Waals surface area contributed by atoms with Crippen LogP contribution in [0.1, 0.15) is 95.0 Å². The first-order valence-electron chi connectivity index (χ1n) is 14.8. The summed E-state index contributed by atoms with van der Waals surface area (Å²) in [5, 5.41) is 45.6. The molecule has 2 aliphatic carbocycles. The average Bonchev–Trinajstić information content (AvgIpc) is 2.99. The van der Waals surface area contributed by atoms with Gasteiger partial charge in [0.1, 0.15) is 22.8 Å². The summed E-state index contributed by atoms with van der Waals surface area (Å²) in [4.78, 5) is 42.4. The molecular weight excluding hydrogens is 558 g/mol. The lowest BCUT2D eigenvalue weighted by Gasteiger charge is -2.46. The van der Waals surface area contributed by atoms with E-state index in [0.29, 0.717) is 0 Å². The molecule has 2 saturated heterocycles. The number of hydrogen-bond donors (Lipinski definition) is 4. The molecule has 230 valence electrons. The zero-order valence-electron chi connectivity index (χ0n) is 24.5. The lowest BCUT2D eigenvalue weighted by Crippen LogP contribution is -2.56. The van der Waals surface area contributed by atoms with Crippen molar-refractivity contribution in [1.29, 1.82) is 0 Å². The topological polar surface area (TPSA) is 163 Å². The van der Waals surface area contributed by atoms with Gasteiger partial charge in [0.05, 0.1) is 42.1 Å². The molecule has 2 aromatic rings. The number of Topliss-reactive ketones (excluding diaryl/α,β-unsaturated/α-hetero) is 1. The molecule has 0 bridgehead atoms. The van der Waals surface area contributed by atoms with Gasteiger partial charge in [0.2, 0.25) is 5.78 Å². The molecule has 6 rings (SSSR count). The number of piperidine rings is 1. The van der Waals surface area contributed by atoms with Crippen LogP contribution in [0.5, 0.6) is 17.2 Å². The lowest BCUT2D eigenvalue weighted by atomic mass is 9.72. The Kier molecular flexibility index (Phi) is 7.58. The highest BCUT2D eigenvalue weighted by Crippen LogP contribution is 2.52. The number of ketones is 3. The second-order valence-electron chi connectivity index (χ2n) is 12.1. The number of aliphatic hydroxyl groups excluding tert-OH is 1. The van der Waals surface area contributed by atoms with Gasteiger partial charge in [0.25, 0.3) is 0 Å². The molecule has 11 heteroatoms. The van der Waals surface area contributed by atoms with Crippen LogP contribution in [0.4, 0.5) is 0 Å². The van der Waals surface area contributed by atoms with Crippen LogP contribution in [0.2, 0.25) is 0 Å². The standard InChI is InChI=1S/C32H37NO10/c1-15-27(35)19(33-10-5-4-6-11-33)12-22(42-15)43-21-14-32(40,16(2)34)13-18-24(21)31(39)26-25(29(18)37)28(36)17-8-7-9-20(41-3)23(17)30(26)38/h7-9,15,19,21-22,27,35,37,39-40H,4-6,10-14H2,1-3H3. The second-order valence-corrected chi connectivity index (χ2v) is 12.1. The fourth-order valence-corrected chi connectivity index (χ4v) is 7.21. The largest absolute Gasteiger partial charge is 0.507 e. The van der Waals surface area contributed by atoms with E-state index >= 15 is 0 Å². The Balaban J connectivity index is 1.44. The molecule has 0 amide bonds. The lowest BCUT2D eigenvalue weighted by molar-refractivity contribution is -0.259. The third-order valence-corrected chi connectivity index (χ3v) is 9.58. The average molecular weight is 596 g/mol. The molecule has 11 nitrogen and oxygen atoms in total. The molecule has 43 heavy (non-hydrogen) atoms. The van der Waals surface area contributed by atoms with E-state index < -0.39 is 71.0 Å². The fraction of sp³-hybridized carbons (Fsp3) is 0.531. The molecule has 0 saturated carbocycles. The van der Waals surface area contributed by atoms with Crippen LogP contribution in [0.3, 0.4) is 0 Å². The number of benzene rings is 2. The van der Waals surface area contributed by atoms with Gasteiger partial charge in [-0.05, 0) is 45.8 Å². The fourth-order valence-electron chi connectivity index (χ4n) is 7.21. The maximum absolute atomic E-state index is 13.8. The van der Waals surface area contributed by atoms with Gasteiger partial charge in [0, 0.05) is 42.0 Å². The number of carbonyl (C=O) groups is 3. The Morgan fingerprint density at radius 2 is 1.74 bits per heavy atom. The molecule has 4 aliphatic rings. The minimum atomic E-state index is -1.98. The third kappa shape index (κ3) is 4.74. The highest BCUT2D eigenvalue weighted by atomic mass is 16.7. The number of phenols is 2. The van der Waals surface area contributed by atoms with Gasteiger partial charge in [-0.15, -0.1) is 0 Å². The number of aromatic hydroxyl groups is 2. The van der Waals surface area contributed by atoms with Crippen molar-refractivity contribution < 1.29 is 49.0 Å². The summed E-state index contributed by atoms with van der Waals surface area (Å²) in [6, 6.07) is 4.25. The van der Waals surface area contributed by atoms with Crippen molar-refractivity contribution in [2.45, 2.75) is 88.6 Å². The minimum Gasteiger partial charge on any atom is -0.507 e. The summed E-state index contributed by atoms with van der Waals surface area (Å²) in [5.41, 5.74) is -2.83. The number of rotatable bonds is 5. The van der Waals surface area contributed by atoms with E-state index in [1.165, 1.54) is 26.2 Å². The number of phenolic OH excluding ortho intramolecular Hbond substituents is 2. The summed E-state index contributed by atoms with van der Waals surface area (Å²) in [6.07, 6.45) is -0.660. The molecular formula is C32H37NO10. The van der Waals surface area contributed by atoms with Crippen molar-refractivity contribution in [3.05, 3.63) is 51.6 Å². The van der Waals surface area contributed by atoms with Crippen LogP contribution in [0.25, 0.3) is 0 Å². The van der Waals surface area contributed by atoms with E-state index in [9.17, 15) is 34.8 Å². The van der Waals surface area contributed by atoms with Crippen molar-refractivity contribution in [3.63, 3.8) is 0 Å². The molecule has 2 aromatic carbocycles. The van der Waals surface area contributed by atoms with Gasteiger partial charge in [0.15, 0.2) is 17.9 Å². The predicted octanol–water partition coefficient (Wildman–Crippen LogP) is 2.56. The van der Waals surface area contributed by atoms with Crippen molar-refractivity contribution in [1.82, 2.24) is 4.90 Å². The first-order valence-corrected chi connectivity index (χ1v) is 14.8. The van der Waals surface area contributed by atoms with Crippen LogP contribution >= 0.6 is 0 Å². The van der Waals surface area contributed by atoms with Crippen LogP contribution in [0.15, 0.2) is 18.2 Å². The Morgan fingerprint density at radius 3 is 2.42 bits per heavy atom. The summed E-state index contributed by atoms with van der Waals surface area (Å²) in [5.74, 6) is -3.01. The maximum atomic E-state index is 13.8. The number of methoxy groups -OCH3 is 1. The van der Waals surface area contributed by atoms with Crippen molar-refractivity contribution in [2.75, 3.05) is 20.2 Å². The van der Waals surface area contributed by atoms with E-state index in [-0.39, 0.29) is 52.5 Å². The molecule has 2 fully saturated rings. The number of likely N-dealkylation sites (tertiary alicyclic amines) is 1. The number of hydrogen-bond acceptors (Lipinski definition) is 11. The van der Waals surface area contributed by atoms with Crippen LogP contribution < -0.4 is 4.74 Å². The van der Waals surface area contributed by atoms with Gasteiger partial charge in [-0.2, -0.15) is 0 Å². The smallest absolute Gasteiger partial charge is 0.202 e. The molecule has 2 aliphatic heterocycles. The number of ether oxygens (including phenoxy) is 3. The normalized spacial score (nSPS) is 30.8. The summed E-state index contributed by atoms with van der Waals surface area (Å²) < 4.78 is 17.7. The van der Waals surface area contributed by atoms with E-state index in [4.69, 9.17) is 14.2 Å². The molecule has 0 spiro atoms. The Bertz CT molecular complexity index is 1500. The third-order valence-electron chi connectivity index (χ3n) is 9.58. The molecule has 0 radical (unpaired) electrons. The zero-order valence-corrected chi connectivity index (χ0v) is 24.5. The first kappa shape index (κ1) is 29.7. The van der Waals surface area contributed by atoms with E-state index in [1.54, 1.807) is 13.0 Å². The first-order chi connectivity index (χ1) is 20.5. The summed E-state index contributed by atoms with van der Waals surface area (Å²) >= 11 is 0. The maximum Gasteiger partial charge on any atom is 0.202 e. The highest BCUT2D eigenvalue weighted by Gasteiger charge is 2.50. The van der Waals surface area contributed by atoms with Crippen LogP contribution in [-0.4, -0.2) is 93.0 Å². The van der Waals surface area contributed by atoms with E-state index in [0.717, 1.165) is 32.4 Å². The summed E-state index contributed by atoms with van der Waals surface area (Å²) in [7, 11) is 1.36. The molecule has 4 N–H and O–H groups in total. The zero-order chi connectivity index (χ0) is 30.8. The minimum absolute atomic E-state index is 0.00356. The quantitative estimate of drug-likeness (QED) is 0.321. The predicted molar refractivity (Wildman–Crippen MR) is 152 cm³/mol. The van der Waals surface area contributed by atoms with Crippen LogP contribution in [0, 0.1) is 0 Å². The van der Waals surface area contributed by atoms with Crippen LogP contribution in [-0.2, 0) is 20.7 Å². The van der Waals surface area contributed by atoms with Crippen molar-refractivity contribution in [3.8, 4) is 17.2 Å². The Hall–Kier alpha value is -3.35. The Morgan fingerprint density at radius 1 is 1.05 bits per heavy atom. The number of carbonyl (C=O) groups excluding carboxylic acids is 3. The van der Waals surface area contributed by atoms with E-state index in [2.05, 4.69) is 4.90 Å². The number of nitrogens with zero attached hydrogens (tertiary/aromatic N) is 1. The van der Waals surface area contributed by atoms with Gasteiger partial charge in [-0.1, -0.05) is 18.6 Å². The SMILES string of the molecule is COc1cccc2c1C(=O)c1c(O)c3c(c(O)c1C2=O)CC(O)(C(C)=O)CC3OC1CC(N2CCCCC2)C(O)C(C)O1. The molecule has 2 heterocycles. The van der Waals surface area contributed by atoms with Gasteiger partial charge in [-0.25, -0.2) is 0 Å². The van der Waals surface area contributed by atoms with Gasteiger partial charge in [-0.3, -0.25) is 19.3 Å². The van der Waals surface area contributed by atoms with E-state index in [1.807, 2.05) is 0 Å². The molecule has 6 unspecified atom stereocenters. The summed E-state index contributed by atoms with van der Waals surface area (Å²) in [6.45, 7) is 4.63. The number of fused-ring (bicyclic) bond motifs is 3. The highest BCUT2D eigenvalue weighted by molar-refractivity contribution is 6.31. The monoisotopic (exact) mass is 595 g/mol. The molecule has 0 aromatic heterocycles. The second kappa shape index (κ2) is 11.0.